The number of alkyl halides is 6. The van der Waals surface area contributed by atoms with Crippen LogP contribution in [0.1, 0.15) is 32.6 Å². The van der Waals surface area contributed by atoms with E-state index < -0.39 is 48.3 Å². The van der Waals surface area contributed by atoms with Gasteiger partial charge in [0.1, 0.15) is 6.10 Å². The fourth-order valence-electron chi connectivity index (χ4n) is 3.78. The Morgan fingerprint density at radius 1 is 1.12 bits per heavy atom. The van der Waals surface area contributed by atoms with Gasteiger partial charge in [-0.15, -0.1) is 0 Å². The van der Waals surface area contributed by atoms with Gasteiger partial charge < -0.3 is 9.84 Å². The number of carbonyl (C=O) groups excluding carboxylic acids is 1. The Morgan fingerprint density at radius 3 is 2.08 bits per heavy atom. The summed E-state index contributed by atoms with van der Waals surface area (Å²) < 4.78 is 82.6. The highest BCUT2D eigenvalue weighted by Crippen LogP contribution is 2.56. The van der Waals surface area contributed by atoms with E-state index in [1.54, 1.807) is 0 Å². The fraction of sp³-hybridized carbons (Fsp3) is 0.800. The predicted octanol–water partition coefficient (Wildman–Crippen LogP) is 3.77. The molecule has 0 aromatic heterocycles. The summed E-state index contributed by atoms with van der Waals surface area (Å²) in [6.07, 6.45) is -12.9. The standard InChI is InChI=1S/C15H18F6O3/c1-7(2)12(22)24-11-9-4-3-8(5-9)10(11)6-13(23,14(16,17)18)15(19,20)21/h8-11,23H,1,3-6H2,2H3/t8-,9-,10-,11-/m0/s1. The molecule has 2 fully saturated rings. The molecule has 0 unspecified atom stereocenters. The van der Waals surface area contributed by atoms with Crippen LogP contribution in [-0.4, -0.2) is 35.1 Å². The molecule has 0 aromatic carbocycles. The van der Waals surface area contributed by atoms with Gasteiger partial charge in [0, 0.05) is 17.9 Å². The van der Waals surface area contributed by atoms with Crippen molar-refractivity contribution in [3.63, 3.8) is 0 Å². The number of hydrogen-bond donors (Lipinski definition) is 1. The topological polar surface area (TPSA) is 46.5 Å². The Hall–Kier alpha value is -1.25. The molecule has 1 N–H and O–H groups in total. The second kappa shape index (κ2) is 5.93. The number of rotatable bonds is 4. The summed E-state index contributed by atoms with van der Waals surface area (Å²) in [7, 11) is 0. The number of halogens is 6. The minimum absolute atomic E-state index is 0.0124. The van der Waals surface area contributed by atoms with Crippen LogP contribution >= 0.6 is 0 Å². The van der Waals surface area contributed by atoms with Crippen LogP contribution in [0.2, 0.25) is 0 Å². The molecule has 0 aromatic rings. The summed E-state index contributed by atoms with van der Waals surface area (Å²) in [5.41, 5.74) is -4.80. The molecule has 0 saturated heterocycles. The zero-order valence-corrected chi connectivity index (χ0v) is 12.9. The summed E-state index contributed by atoms with van der Waals surface area (Å²) >= 11 is 0. The molecular formula is C15H18F6O3. The van der Waals surface area contributed by atoms with Crippen LogP contribution in [-0.2, 0) is 9.53 Å². The van der Waals surface area contributed by atoms with Gasteiger partial charge >= 0.3 is 18.3 Å². The predicted molar refractivity (Wildman–Crippen MR) is 70.7 cm³/mol. The molecule has 9 heteroatoms. The molecule has 138 valence electrons. The number of hydrogen-bond acceptors (Lipinski definition) is 3. The summed E-state index contributed by atoms with van der Waals surface area (Å²) in [6.45, 7) is 4.69. The minimum atomic E-state index is -5.87. The van der Waals surface area contributed by atoms with Crippen LogP contribution in [0.15, 0.2) is 12.2 Å². The number of ether oxygens (including phenoxy) is 1. The van der Waals surface area contributed by atoms with E-state index in [1.807, 2.05) is 0 Å². The average molecular weight is 360 g/mol. The largest absolute Gasteiger partial charge is 0.458 e. The second-order valence-corrected chi connectivity index (χ2v) is 6.71. The third-order valence-corrected chi connectivity index (χ3v) is 5.07. The van der Waals surface area contributed by atoms with Crippen molar-refractivity contribution in [3.8, 4) is 0 Å². The molecule has 2 aliphatic rings. The average Bonchev–Trinajstić information content (AvgIpc) is 2.98. The maximum Gasteiger partial charge on any atom is 0.426 e. The maximum absolute atomic E-state index is 12.9. The van der Waals surface area contributed by atoms with E-state index in [9.17, 15) is 36.2 Å². The maximum atomic E-state index is 12.9. The summed E-state index contributed by atoms with van der Waals surface area (Å²) in [5, 5.41) is 9.43. The quantitative estimate of drug-likeness (QED) is 0.472. The van der Waals surface area contributed by atoms with Crippen molar-refractivity contribution < 1.29 is 41.0 Å². The van der Waals surface area contributed by atoms with Gasteiger partial charge in [-0.2, -0.15) is 26.3 Å². The van der Waals surface area contributed by atoms with Crippen molar-refractivity contribution in [1.82, 2.24) is 0 Å². The number of carbonyl (C=O) groups is 1. The lowest BCUT2D eigenvalue weighted by molar-refractivity contribution is -0.374. The zero-order chi connectivity index (χ0) is 18.5. The fourth-order valence-corrected chi connectivity index (χ4v) is 3.78. The molecule has 0 aliphatic heterocycles. The smallest absolute Gasteiger partial charge is 0.426 e. The van der Waals surface area contributed by atoms with Gasteiger partial charge in [-0.1, -0.05) is 6.58 Å². The number of aliphatic hydroxyl groups is 1. The Balaban J connectivity index is 2.27. The van der Waals surface area contributed by atoms with E-state index in [-0.39, 0.29) is 11.5 Å². The van der Waals surface area contributed by atoms with Gasteiger partial charge in [-0.3, -0.25) is 0 Å². The normalized spacial score (nSPS) is 30.5. The highest BCUT2D eigenvalue weighted by molar-refractivity contribution is 5.87. The third kappa shape index (κ3) is 3.14. The molecule has 0 amide bonds. The molecule has 0 radical (unpaired) electrons. The molecule has 4 atom stereocenters. The van der Waals surface area contributed by atoms with E-state index >= 15 is 0 Å². The van der Waals surface area contributed by atoms with Crippen molar-refractivity contribution in [1.29, 1.82) is 0 Å². The summed E-state index contributed by atoms with van der Waals surface area (Å²) in [6, 6.07) is 0. The van der Waals surface area contributed by atoms with Gasteiger partial charge in [-0.25, -0.2) is 4.79 Å². The van der Waals surface area contributed by atoms with Gasteiger partial charge in [0.2, 0.25) is 0 Å². The molecule has 3 nitrogen and oxygen atoms in total. The summed E-state index contributed by atoms with van der Waals surface area (Å²) in [4.78, 5) is 11.7. The first-order valence-corrected chi connectivity index (χ1v) is 7.50. The molecule has 2 rings (SSSR count). The highest BCUT2D eigenvalue weighted by atomic mass is 19.4. The first-order valence-electron chi connectivity index (χ1n) is 7.50. The van der Waals surface area contributed by atoms with Crippen LogP contribution < -0.4 is 0 Å². The van der Waals surface area contributed by atoms with Gasteiger partial charge in [-0.05, 0) is 38.0 Å². The molecule has 2 bridgehead atoms. The lowest BCUT2D eigenvalue weighted by Gasteiger charge is -2.38. The van der Waals surface area contributed by atoms with Gasteiger partial charge in [0.15, 0.2) is 0 Å². The summed E-state index contributed by atoms with van der Waals surface area (Å²) in [5.74, 6) is -2.76. The molecule has 0 spiro atoms. The first kappa shape index (κ1) is 19.1. The molecule has 0 heterocycles. The highest BCUT2D eigenvalue weighted by Gasteiger charge is 2.72. The Morgan fingerprint density at radius 2 is 1.62 bits per heavy atom. The monoisotopic (exact) mass is 360 g/mol. The minimum Gasteiger partial charge on any atom is -0.458 e. The Bertz CT molecular complexity index is 510. The SMILES string of the molecule is C=C(C)C(=O)O[C@H]1[C@H]2CC[C@@H](C2)[C@@H]1CC(O)(C(F)(F)F)C(F)(F)F. The van der Waals surface area contributed by atoms with E-state index in [4.69, 9.17) is 4.74 Å². The number of fused-ring (bicyclic) bond motifs is 2. The third-order valence-electron chi connectivity index (χ3n) is 5.07. The Kier molecular flexibility index (Phi) is 4.71. The van der Waals surface area contributed by atoms with E-state index in [1.165, 1.54) is 6.92 Å². The van der Waals surface area contributed by atoms with Crippen molar-refractivity contribution in [2.24, 2.45) is 17.8 Å². The lowest BCUT2D eigenvalue weighted by atomic mass is 9.78. The van der Waals surface area contributed by atoms with Crippen LogP contribution in [0.3, 0.4) is 0 Å². The van der Waals surface area contributed by atoms with Crippen LogP contribution in [0.25, 0.3) is 0 Å². The Labute approximate surface area is 134 Å². The van der Waals surface area contributed by atoms with Crippen LogP contribution in [0.4, 0.5) is 26.3 Å². The second-order valence-electron chi connectivity index (χ2n) is 6.71. The molecule has 2 saturated carbocycles. The van der Waals surface area contributed by atoms with Crippen molar-refractivity contribution in [2.75, 3.05) is 0 Å². The van der Waals surface area contributed by atoms with Gasteiger partial charge in [0.25, 0.3) is 5.60 Å². The van der Waals surface area contributed by atoms with Crippen LogP contribution in [0.5, 0.6) is 0 Å². The van der Waals surface area contributed by atoms with E-state index in [0.717, 1.165) is 0 Å². The van der Waals surface area contributed by atoms with Gasteiger partial charge in [0.05, 0.1) is 0 Å². The van der Waals surface area contributed by atoms with Crippen LogP contribution in [0, 0.1) is 17.8 Å². The molecular weight excluding hydrogens is 342 g/mol. The van der Waals surface area contributed by atoms with Crippen molar-refractivity contribution in [3.05, 3.63) is 12.2 Å². The van der Waals surface area contributed by atoms with E-state index in [2.05, 4.69) is 6.58 Å². The molecule has 2 aliphatic carbocycles. The zero-order valence-electron chi connectivity index (χ0n) is 12.9. The van der Waals surface area contributed by atoms with Crippen molar-refractivity contribution >= 4 is 5.97 Å². The first-order chi connectivity index (χ1) is 10.8. The number of esters is 1. The lowest BCUT2D eigenvalue weighted by Crippen LogP contribution is -2.59. The molecule has 24 heavy (non-hydrogen) atoms. The van der Waals surface area contributed by atoms with Crippen molar-refractivity contribution in [2.45, 2.75) is 56.7 Å². The van der Waals surface area contributed by atoms with E-state index in [0.29, 0.717) is 19.3 Å².